The molecule has 4 rings (SSSR count). The number of benzene rings is 2. The molecule has 6 heteroatoms. The van der Waals surface area contributed by atoms with Crippen LogP contribution in [0.5, 0.6) is 0 Å². The van der Waals surface area contributed by atoms with Crippen LogP contribution in [0.25, 0.3) is 11.0 Å². The molecule has 0 aliphatic rings. The van der Waals surface area contributed by atoms with Crippen LogP contribution in [0.15, 0.2) is 77.7 Å². The Hall–Kier alpha value is -3.44. The standard InChI is InChI=1S/C25H22ClN3O2/c1-16(2)18-7-11-21(12-8-18)28-24(30)22-14-19-4-3-13-27-23(19)29(25(22)31)15-17-5-9-20(26)10-6-17/h3-14,16H,15H2,1-2H3,(H,28,30). The number of carbonyl (C=O) groups excluding carboxylic acids is 1. The topological polar surface area (TPSA) is 64.0 Å². The predicted octanol–water partition coefficient (Wildman–Crippen LogP) is 5.47. The predicted molar refractivity (Wildman–Crippen MR) is 125 cm³/mol. The fourth-order valence-electron chi connectivity index (χ4n) is 3.44. The van der Waals surface area contributed by atoms with Crippen molar-refractivity contribution in [1.82, 2.24) is 9.55 Å². The molecule has 0 fully saturated rings. The zero-order chi connectivity index (χ0) is 22.0. The fraction of sp³-hybridized carbons (Fsp3) is 0.160. The lowest BCUT2D eigenvalue weighted by Gasteiger charge is -2.13. The van der Waals surface area contributed by atoms with Gasteiger partial charge in [-0.1, -0.05) is 49.7 Å². The Morgan fingerprint density at radius 3 is 2.45 bits per heavy atom. The molecular formula is C25H22ClN3O2. The molecule has 0 spiro atoms. The first-order valence-corrected chi connectivity index (χ1v) is 10.4. The minimum absolute atomic E-state index is 0.0717. The molecule has 0 unspecified atom stereocenters. The second-order valence-corrected chi connectivity index (χ2v) is 8.16. The fourth-order valence-corrected chi connectivity index (χ4v) is 3.56. The van der Waals surface area contributed by atoms with Crippen molar-refractivity contribution >= 4 is 34.2 Å². The number of hydrogen-bond donors (Lipinski definition) is 1. The van der Waals surface area contributed by atoms with E-state index in [1.165, 1.54) is 10.1 Å². The van der Waals surface area contributed by atoms with Crippen LogP contribution in [0.3, 0.4) is 0 Å². The molecule has 0 bridgehead atoms. The average Bonchev–Trinajstić information content (AvgIpc) is 2.77. The van der Waals surface area contributed by atoms with Crippen LogP contribution < -0.4 is 10.9 Å². The van der Waals surface area contributed by atoms with Gasteiger partial charge in [-0.15, -0.1) is 0 Å². The first kappa shape index (κ1) is 20.8. The van der Waals surface area contributed by atoms with Gasteiger partial charge in [0.2, 0.25) is 0 Å². The summed E-state index contributed by atoms with van der Waals surface area (Å²) in [6.07, 6.45) is 1.64. The van der Waals surface area contributed by atoms with E-state index in [4.69, 9.17) is 11.6 Å². The maximum absolute atomic E-state index is 13.3. The van der Waals surface area contributed by atoms with Crippen LogP contribution in [0, 0.1) is 0 Å². The second kappa shape index (κ2) is 8.74. The molecule has 2 heterocycles. The molecule has 0 aliphatic heterocycles. The van der Waals surface area contributed by atoms with Crippen LogP contribution >= 0.6 is 11.6 Å². The first-order valence-electron chi connectivity index (χ1n) is 10.1. The van der Waals surface area contributed by atoms with Gasteiger partial charge in [0.25, 0.3) is 11.5 Å². The molecular weight excluding hydrogens is 410 g/mol. The summed E-state index contributed by atoms with van der Waals surface area (Å²) in [5, 5.41) is 4.18. The first-order chi connectivity index (χ1) is 14.9. The van der Waals surface area contributed by atoms with Crippen LogP contribution in [-0.4, -0.2) is 15.5 Å². The summed E-state index contributed by atoms with van der Waals surface area (Å²) in [5.41, 5.74) is 2.92. The Morgan fingerprint density at radius 2 is 1.77 bits per heavy atom. The van der Waals surface area contributed by atoms with Crippen molar-refractivity contribution in [1.29, 1.82) is 0 Å². The van der Waals surface area contributed by atoms with E-state index in [0.717, 1.165) is 10.9 Å². The molecule has 0 aliphatic carbocycles. The van der Waals surface area contributed by atoms with Crippen molar-refractivity contribution in [2.75, 3.05) is 5.32 Å². The molecule has 4 aromatic rings. The highest BCUT2D eigenvalue weighted by Gasteiger charge is 2.17. The molecule has 2 aromatic carbocycles. The summed E-state index contributed by atoms with van der Waals surface area (Å²) < 4.78 is 1.52. The maximum Gasteiger partial charge on any atom is 0.265 e. The third kappa shape index (κ3) is 4.52. The highest BCUT2D eigenvalue weighted by molar-refractivity contribution is 6.30. The van der Waals surface area contributed by atoms with Crippen LogP contribution in [0.2, 0.25) is 5.02 Å². The van der Waals surface area contributed by atoms with Gasteiger partial charge in [-0.25, -0.2) is 4.98 Å². The lowest BCUT2D eigenvalue weighted by molar-refractivity contribution is 0.102. The van der Waals surface area contributed by atoms with Crippen molar-refractivity contribution < 1.29 is 4.79 Å². The number of carbonyl (C=O) groups is 1. The number of rotatable bonds is 5. The van der Waals surface area contributed by atoms with Crippen LogP contribution in [0.4, 0.5) is 5.69 Å². The maximum atomic E-state index is 13.3. The van der Waals surface area contributed by atoms with Gasteiger partial charge in [0, 0.05) is 22.3 Å². The molecule has 0 atom stereocenters. The van der Waals surface area contributed by atoms with E-state index in [9.17, 15) is 9.59 Å². The van der Waals surface area contributed by atoms with Gasteiger partial charge >= 0.3 is 0 Å². The minimum Gasteiger partial charge on any atom is -0.322 e. The summed E-state index contributed by atoms with van der Waals surface area (Å²) in [5.74, 6) is -0.0456. The molecule has 2 aromatic heterocycles. The third-order valence-corrected chi connectivity index (χ3v) is 5.43. The van der Waals surface area contributed by atoms with Gasteiger partial charge in [-0.3, -0.25) is 14.2 Å². The van der Waals surface area contributed by atoms with Gasteiger partial charge in [-0.2, -0.15) is 0 Å². The Kier molecular flexibility index (Phi) is 5.87. The summed E-state index contributed by atoms with van der Waals surface area (Å²) >= 11 is 5.98. The van der Waals surface area contributed by atoms with Crippen molar-refractivity contribution in [2.24, 2.45) is 0 Å². The summed E-state index contributed by atoms with van der Waals surface area (Å²) in [6, 6.07) is 20.1. The van der Waals surface area contributed by atoms with E-state index in [1.807, 2.05) is 42.5 Å². The van der Waals surface area contributed by atoms with E-state index in [-0.39, 0.29) is 12.1 Å². The van der Waals surface area contributed by atoms with Crippen LogP contribution in [-0.2, 0) is 6.54 Å². The molecule has 0 saturated heterocycles. The smallest absolute Gasteiger partial charge is 0.265 e. The molecule has 0 saturated carbocycles. The lowest BCUT2D eigenvalue weighted by Crippen LogP contribution is -2.30. The van der Waals surface area contributed by atoms with Gasteiger partial charge < -0.3 is 5.32 Å². The van der Waals surface area contributed by atoms with E-state index in [1.54, 1.807) is 30.5 Å². The van der Waals surface area contributed by atoms with Crippen molar-refractivity contribution in [2.45, 2.75) is 26.3 Å². The van der Waals surface area contributed by atoms with Crippen LogP contribution in [0.1, 0.15) is 41.3 Å². The molecule has 1 N–H and O–H groups in total. The lowest BCUT2D eigenvalue weighted by atomic mass is 10.0. The molecule has 5 nitrogen and oxygen atoms in total. The number of nitrogens with one attached hydrogen (secondary N) is 1. The highest BCUT2D eigenvalue weighted by Crippen LogP contribution is 2.19. The van der Waals surface area contributed by atoms with Gasteiger partial charge in [0.15, 0.2) is 0 Å². The number of halogens is 1. The van der Waals surface area contributed by atoms with E-state index >= 15 is 0 Å². The quantitative estimate of drug-likeness (QED) is 0.455. The minimum atomic E-state index is -0.446. The number of anilines is 1. The second-order valence-electron chi connectivity index (χ2n) is 7.72. The highest BCUT2D eigenvalue weighted by atomic mass is 35.5. The number of aromatic nitrogens is 2. The Bertz CT molecular complexity index is 1290. The largest absolute Gasteiger partial charge is 0.322 e. The number of amides is 1. The number of pyridine rings is 2. The summed E-state index contributed by atoms with van der Waals surface area (Å²) in [4.78, 5) is 30.6. The van der Waals surface area contributed by atoms with Crippen molar-refractivity contribution in [3.63, 3.8) is 0 Å². The van der Waals surface area contributed by atoms with Crippen molar-refractivity contribution in [3.8, 4) is 0 Å². The average molecular weight is 432 g/mol. The molecule has 156 valence electrons. The van der Waals surface area contributed by atoms with E-state index in [0.29, 0.717) is 22.3 Å². The molecule has 0 radical (unpaired) electrons. The number of fused-ring (bicyclic) bond motifs is 1. The van der Waals surface area contributed by atoms with Gasteiger partial charge in [0.1, 0.15) is 11.2 Å². The summed E-state index contributed by atoms with van der Waals surface area (Å²) in [6.45, 7) is 4.51. The number of hydrogen-bond acceptors (Lipinski definition) is 3. The normalized spacial score (nSPS) is 11.1. The Morgan fingerprint density at radius 1 is 1.06 bits per heavy atom. The molecule has 1 amide bonds. The van der Waals surface area contributed by atoms with E-state index in [2.05, 4.69) is 24.1 Å². The zero-order valence-corrected chi connectivity index (χ0v) is 18.1. The number of nitrogens with zero attached hydrogens (tertiary/aromatic N) is 2. The van der Waals surface area contributed by atoms with Gasteiger partial charge in [-0.05, 0) is 59.5 Å². The zero-order valence-electron chi connectivity index (χ0n) is 17.3. The van der Waals surface area contributed by atoms with Gasteiger partial charge in [0.05, 0.1) is 6.54 Å². The third-order valence-electron chi connectivity index (χ3n) is 5.18. The Balaban J connectivity index is 1.72. The SMILES string of the molecule is CC(C)c1ccc(NC(=O)c2cc3cccnc3n(Cc3ccc(Cl)cc3)c2=O)cc1. The van der Waals surface area contributed by atoms with E-state index < -0.39 is 11.5 Å². The van der Waals surface area contributed by atoms with Crippen molar-refractivity contribution in [3.05, 3.63) is 105 Å². The molecule has 31 heavy (non-hydrogen) atoms. The summed E-state index contributed by atoms with van der Waals surface area (Å²) in [7, 11) is 0. The Labute approximate surface area is 185 Å². The monoisotopic (exact) mass is 431 g/mol.